The molecule has 1 aliphatic heterocycles. The van der Waals surface area contributed by atoms with Gasteiger partial charge in [-0.2, -0.15) is 5.10 Å². The molecule has 0 amide bonds. The Morgan fingerprint density at radius 1 is 1.05 bits per heavy atom. The number of aryl methyl sites for hydroxylation is 1. The number of hydrogen-bond donors (Lipinski definition) is 2. The van der Waals surface area contributed by atoms with Gasteiger partial charge in [0.05, 0.1) is 30.5 Å². The van der Waals surface area contributed by atoms with Crippen molar-refractivity contribution in [2.24, 2.45) is 5.10 Å². The molecule has 0 radical (unpaired) electrons. The molecule has 1 aliphatic carbocycles. The number of hydrazone groups is 1. The van der Waals surface area contributed by atoms with E-state index in [2.05, 4.69) is 30.4 Å². The Kier molecular flexibility index (Phi) is 6.57. The number of carbonyl (C=O) groups is 1. The Labute approximate surface area is 213 Å². The van der Waals surface area contributed by atoms with Gasteiger partial charge in [0, 0.05) is 31.1 Å². The summed E-state index contributed by atoms with van der Waals surface area (Å²) in [5.41, 5.74) is 7.75. The van der Waals surface area contributed by atoms with Crippen molar-refractivity contribution in [3.8, 4) is 0 Å². The fourth-order valence-electron chi connectivity index (χ4n) is 4.60. The van der Waals surface area contributed by atoms with Crippen molar-refractivity contribution in [3.63, 3.8) is 0 Å². The first kappa shape index (κ1) is 23.3. The molecule has 0 atom stereocenters. The minimum Gasteiger partial charge on any atom is -0.378 e. The van der Waals surface area contributed by atoms with Crippen LogP contribution >= 0.6 is 0 Å². The lowest BCUT2D eigenvalue weighted by atomic mass is 10.1. The van der Waals surface area contributed by atoms with E-state index in [9.17, 15) is 4.79 Å². The van der Waals surface area contributed by atoms with Gasteiger partial charge in [-0.1, -0.05) is 24.3 Å². The molecule has 1 fully saturated rings. The molecule has 0 bridgehead atoms. The van der Waals surface area contributed by atoms with E-state index >= 15 is 0 Å². The summed E-state index contributed by atoms with van der Waals surface area (Å²) in [5.74, 6) is 2.89. The molecule has 1 saturated heterocycles. The van der Waals surface area contributed by atoms with Crippen molar-refractivity contribution >= 4 is 34.7 Å². The average Bonchev–Trinajstić information content (AvgIpc) is 3.52. The van der Waals surface area contributed by atoms with Crippen molar-refractivity contribution in [3.05, 3.63) is 76.9 Å². The monoisotopic (exact) mass is 497 g/mol. The highest BCUT2D eigenvalue weighted by molar-refractivity contribution is 6.01. The molecule has 2 N–H and O–H groups in total. The van der Waals surface area contributed by atoms with Crippen molar-refractivity contribution in [2.75, 3.05) is 36.6 Å². The maximum Gasteiger partial charge on any atom is 0.163 e. The number of aromatic nitrogens is 4. The minimum atomic E-state index is 0.211. The SMILES string of the molecule is O=C1CCc2cc(C=NNc3cc(N4CCOCC4)nc(COCc4nc5ccccc5[nH]4)n3)ccc21. The van der Waals surface area contributed by atoms with Crippen LogP contribution in [0, 0.1) is 0 Å². The van der Waals surface area contributed by atoms with Gasteiger partial charge in [-0.3, -0.25) is 10.2 Å². The summed E-state index contributed by atoms with van der Waals surface area (Å²) in [6.07, 6.45) is 3.10. The zero-order chi connectivity index (χ0) is 25.0. The molecule has 3 heterocycles. The second-order valence-electron chi connectivity index (χ2n) is 9.03. The van der Waals surface area contributed by atoms with E-state index in [-0.39, 0.29) is 12.4 Å². The zero-order valence-electron chi connectivity index (χ0n) is 20.3. The van der Waals surface area contributed by atoms with Gasteiger partial charge in [0.1, 0.15) is 24.9 Å². The van der Waals surface area contributed by atoms with Crippen molar-refractivity contribution in [2.45, 2.75) is 26.1 Å². The summed E-state index contributed by atoms with van der Waals surface area (Å²) in [6, 6.07) is 15.6. The van der Waals surface area contributed by atoms with E-state index in [1.54, 1.807) is 6.21 Å². The number of aromatic amines is 1. The Bertz CT molecular complexity index is 1430. The smallest absolute Gasteiger partial charge is 0.163 e. The van der Waals surface area contributed by atoms with E-state index in [4.69, 9.17) is 14.5 Å². The minimum absolute atomic E-state index is 0.211. The number of benzene rings is 2. The first-order chi connectivity index (χ1) is 18.2. The number of nitrogens with zero attached hydrogens (tertiary/aromatic N) is 5. The van der Waals surface area contributed by atoms with E-state index < -0.39 is 0 Å². The van der Waals surface area contributed by atoms with Crippen LogP contribution in [0.5, 0.6) is 0 Å². The van der Waals surface area contributed by atoms with Gasteiger partial charge in [-0.15, -0.1) is 0 Å². The topological polar surface area (TPSA) is 118 Å². The summed E-state index contributed by atoms with van der Waals surface area (Å²) in [6.45, 7) is 3.38. The van der Waals surface area contributed by atoms with E-state index in [0.29, 0.717) is 37.9 Å². The van der Waals surface area contributed by atoms with Gasteiger partial charge in [-0.05, 0) is 35.7 Å². The summed E-state index contributed by atoms with van der Waals surface area (Å²) < 4.78 is 11.4. The molecule has 2 aromatic heterocycles. The first-order valence-corrected chi connectivity index (χ1v) is 12.4. The second-order valence-corrected chi connectivity index (χ2v) is 9.03. The van der Waals surface area contributed by atoms with Crippen LogP contribution in [0.25, 0.3) is 11.0 Å². The van der Waals surface area contributed by atoms with E-state index in [1.807, 2.05) is 48.5 Å². The molecule has 4 aromatic rings. The molecule has 0 saturated carbocycles. The Morgan fingerprint density at radius 3 is 2.84 bits per heavy atom. The number of anilines is 2. The Hall–Kier alpha value is -4.15. The lowest BCUT2D eigenvalue weighted by Gasteiger charge is -2.28. The van der Waals surface area contributed by atoms with Crippen LogP contribution in [0.1, 0.15) is 39.6 Å². The van der Waals surface area contributed by atoms with Gasteiger partial charge in [0.15, 0.2) is 17.4 Å². The summed E-state index contributed by atoms with van der Waals surface area (Å²) >= 11 is 0. The van der Waals surface area contributed by atoms with Crippen LogP contribution in [0.15, 0.2) is 53.6 Å². The van der Waals surface area contributed by atoms with Gasteiger partial charge < -0.3 is 19.4 Å². The third kappa shape index (κ3) is 5.35. The molecule has 10 nitrogen and oxygen atoms in total. The normalized spacial score (nSPS) is 15.6. The largest absolute Gasteiger partial charge is 0.378 e. The number of rotatable bonds is 8. The van der Waals surface area contributed by atoms with Gasteiger partial charge in [-0.25, -0.2) is 15.0 Å². The van der Waals surface area contributed by atoms with Gasteiger partial charge in [0.25, 0.3) is 0 Å². The van der Waals surface area contributed by atoms with Crippen LogP contribution in [-0.4, -0.2) is 58.2 Å². The number of H-pyrrole nitrogens is 1. The summed E-state index contributed by atoms with van der Waals surface area (Å²) in [4.78, 5) is 31.2. The third-order valence-corrected chi connectivity index (χ3v) is 6.45. The molecular formula is C27H27N7O3. The fraction of sp³-hybridized carbons (Fsp3) is 0.296. The van der Waals surface area contributed by atoms with E-state index in [1.165, 1.54) is 0 Å². The number of para-hydroxylation sites is 2. The second kappa shape index (κ2) is 10.5. The first-order valence-electron chi connectivity index (χ1n) is 12.4. The van der Waals surface area contributed by atoms with Crippen LogP contribution in [0.3, 0.4) is 0 Å². The van der Waals surface area contributed by atoms with Crippen molar-refractivity contribution in [1.82, 2.24) is 19.9 Å². The predicted molar refractivity (Wildman–Crippen MR) is 140 cm³/mol. The molecule has 0 unspecified atom stereocenters. The fourth-order valence-corrected chi connectivity index (χ4v) is 4.60. The van der Waals surface area contributed by atoms with Gasteiger partial charge >= 0.3 is 0 Å². The molecule has 6 rings (SSSR count). The zero-order valence-corrected chi connectivity index (χ0v) is 20.3. The quantitative estimate of drug-likeness (QED) is 0.281. The van der Waals surface area contributed by atoms with Crippen molar-refractivity contribution in [1.29, 1.82) is 0 Å². The van der Waals surface area contributed by atoms with E-state index in [0.717, 1.165) is 58.9 Å². The standard InChI is InChI=1S/C27H27N7O3/c35-23-8-6-19-13-18(5-7-20(19)23)15-28-33-24-14-27(34-9-11-36-12-10-34)32-26(31-24)17-37-16-25-29-21-3-1-2-4-22(21)30-25/h1-5,7,13-15H,6,8-12,16-17H2,(H,29,30)(H,31,32,33). The number of carbonyl (C=O) groups excluding carboxylic acids is 1. The van der Waals surface area contributed by atoms with Crippen LogP contribution < -0.4 is 10.3 Å². The Balaban J connectivity index is 1.16. The molecular weight excluding hydrogens is 470 g/mol. The molecule has 10 heteroatoms. The number of Topliss-reactive ketones (excluding diaryl/α,β-unsaturated/α-hetero) is 1. The lowest BCUT2D eigenvalue weighted by molar-refractivity contribution is 0.0971. The van der Waals surface area contributed by atoms with Gasteiger partial charge in [0.2, 0.25) is 0 Å². The Morgan fingerprint density at radius 2 is 1.95 bits per heavy atom. The van der Waals surface area contributed by atoms with Crippen LogP contribution in [0.4, 0.5) is 11.6 Å². The number of fused-ring (bicyclic) bond motifs is 2. The molecule has 37 heavy (non-hydrogen) atoms. The van der Waals surface area contributed by atoms with Crippen LogP contribution in [0.2, 0.25) is 0 Å². The maximum absolute atomic E-state index is 11.9. The average molecular weight is 498 g/mol. The maximum atomic E-state index is 11.9. The summed E-state index contributed by atoms with van der Waals surface area (Å²) in [7, 11) is 0. The highest BCUT2D eigenvalue weighted by Gasteiger charge is 2.19. The molecule has 188 valence electrons. The summed E-state index contributed by atoms with van der Waals surface area (Å²) in [5, 5.41) is 4.39. The molecule has 2 aromatic carbocycles. The number of imidazole rings is 1. The highest BCUT2D eigenvalue weighted by Crippen LogP contribution is 2.23. The molecule has 2 aliphatic rings. The van der Waals surface area contributed by atoms with Crippen LogP contribution in [-0.2, 0) is 29.1 Å². The number of hydrogen-bond acceptors (Lipinski definition) is 9. The number of morpholine rings is 1. The third-order valence-electron chi connectivity index (χ3n) is 6.45. The lowest BCUT2D eigenvalue weighted by Crippen LogP contribution is -2.37. The highest BCUT2D eigenvalue weighted by atomic mass is 16.5. The predicted octanol–water partition coefficient (Wildman–Crippen LogP) is 3.48. The number of nitrogens with one attached hydrogen (secondary N) is 2. The van der Waals surface area contributed by atoms with Crippen molar-refractivity contribution < 1.29 is 14.3 Å². The number of ether oxygens (including phenoxy) is 2. The molecule has 0 spiro atoms. The number of ketones is 1.